The van der Waals surface area contributed by atoms with Gasteiger partial charge in [0.1, 0.15) is 67.1 Å². The van der Waals surface area contributed by atoms with Gasteiger partial charge < -0.3 is 98.6 Å². The molecule has 0 spiro atoms. The molecule has 3 saturated heterocycles. The summed E-state index contributed by atoms with van der Waals surface area (Å²) in [6.07, 6.45) is -19.8. The van der Waals surface area contributed by atoms with Gasteiger partial charge in [0.15, 0.2) is 18.9 Å². The lowest BCUT2D eigenvalue weighted by atomic mass is 9.84. The quantitative estimate of drug-likeness (QED) is 0.115. The van der Waals surface area contributed by atoms with Gasteiger partial charge in [-0.3, -0.25) is 0 Å². The molecular weight excluding hydrogens is 568 g/mol. The fourth-order valence-electron chi connectivity index (χ4n) is 5.74. The number of nitrogens with two attached hydrogens (primary N) is 6. The van der Waals surface area contributed by atoms with Gasteiger partial charge >= 0.3 is 0 Å². The number of rotatable bonds is 9. The summed E-state index contributed by atoms with van der Waals surface area (Å²) in [5, 5.41) is 73.0. The Morgan fingerprint density at radius 2 is 0.976 bits per heavy atom. The number of aliphatic hydroxyl groups is 7. The second-order valence-electron chi connectivity index (χ2n) is 11.2. The Kier molecular flexibility index (Phi) is 11.5. The Balaban J connectivity index is 1.50. The van der Waals surface area contributed by atoms with Crippen molar-refractivity contribution in [2.75, 3.05) is 19.7 Å². The van der Waals surface area contributed by atoms with E-state index in [1.54, 1.807) is 0 Å². The Bertz CT molecular complexity index is 868. The lowest BCUT2D eigenvalue weighted by Crippen LogP contribution is -2.68. The van der Waals surface area contributed by atoms with E-state index in [1.165, 1.54) is 0 Å². The van der Waals surface area contributed by atoms with Crippen molar-refractivity contribution in [3.05, 3.63) is 0 Å². The number of aliphatic hydroxyl groups excluding tert-OH is 7. The normalized spacial score (nSPS) is 53.8. The van der Waals surface area contributed by atoms with E-state index in [9.17, 15) is 35.7 Å². The van der Waals surface area contributed by atoms with Crippen LogP contribution < -0.4 is 34.4 Å². The zero-order valence-corrected chi connectivity index (χ0v) is 22.8. The van der Waals surface area contributed by atoms with Crippen LogP contribution in [-0.2, 0) is 28.4 Å². The van der Waals surface area contributed by atoms with Crippen molar-refractivity contribution >= 4 is 0 Å². The fourth-order valence-corrected chi connectivity index (χ4v) is 5.74. The first kappa shape index (κ1) is 34.1. The van der Waals surface area contributed by atoms with E-state index >= 15 is 0 Å². The Hall–Kier alpha value is -0.760. The summed E-state index contributed by atoms with van der Waals surface area (Å²) < 4.78 is 34.6. The van der Waals surface area contributed by atoms with Gasteiger partial charge in [-0.15, -0.1) is 0 Å². The molecule has 0 unspecified atom stereocenters. The molecule has 0 radical (unpaired) electrons. The molecule has 3 heterocycles. The van der Waals surface area contributed by atoms with Crippen LogP contribution in [0.15, 0.2) is 0 Å². The summed E-state index contributed by atoms with van der Waals surface area (Å²) in [6.45, 7) is -0.967. The number of hydrogen-bond acceptors (Lipinski definition) is 19. The highest BCUT2D eigenvalue weighted by molar-refractivity contribution is 5.02. The van der Waals surface area contributed by atoms with E-state index in [2.05, 4.69) is 0 Å². The molecule has 1 saturated carbocycles. The van der Waals surface area contributed by atoms with Crippen LogP contribution in [0.5, 0.6) is 0 Å². The molecule has 0 aromatic carbocycles. The summed E-state index contributed by atoms with van der Waals surface area (Å²) in [5.41, 5.74) is 35.6. The average molecular weight is 615 g/mol. The third-order valence-corrected chi connectivity index (χ3v) is 8.37. The predicted molar refractivity (Wildman–Crippen MR) is 138 cm³/mol. The van der Waals surface area contributed by atoms with E-state index < -0.39 is 123 Å². The largest absolute Gasteiger partial charge is 0.394 e. The molecule has 0 aromatic heterocycles. The lowest BCUT2D eigenvalue weighted by Gasteiger charge is -2.47. The third kappa shape index (κ3) is 6.60. The van der Waals surface area contributed by atoms with Gasteiger partial charge in [-0.05, 0) is 6.42 Å². The molecule has 19 N–H and O–H groups in total. The molecular formula is C23H46N6O13. The van der Waals surface area contributed by atoms with Crippen molar-refractivity contribution in [3.8, 4) is 0 Å². The maximum Gasteiger partial charge on any atom is 0.187 e. The van der Waals surface area contributed by atoms with Gasteiger partial charge in [-0.1, -0.05) is 0 Å². The minimum atomic E-state index is -1.60. The molecule has 19 atom stereocenters. The first-order chi connectivity index (χ1) is 19.8. The van der Waals surface area contributed by atoms with Crippen LogP contribution in [-0.4, -0.2) is 172 Å². The molecule has 19 nitrogen and oxygen atoms in total. The Morgan fingerprint density at radius 3 is 1.45 bits per heavy atom. The summed E-state index contributed by atoms with van der Waals surface area (Å²) in [6, 6.07) is -4.18. The molecule has 4 aliphatic rings. The van der Waals surface area contributed by atoms with Gasteiger partial charge in [-0.2, -0.15) is 0 Å². The first-order valence-corrected chi connectivity index (χ1v) is 13.9. The van der Waals surface area contributed by atoms with E-state index in [0.717, 1.165) is 0 Å². The number of ether oxygens (including phenoxy) is 6. The second-order valence-corrected chi connectivity index (χ2v) is 11.2. The van der Waals surface area contributed by atoms with Crippen LogP contribution in [0.25, 0.3) is 0 Å². The van der Waals surface area contributed by atoms with E-state index in [1.807, 2.05) is 0 Å². The SMILES string of the molecule is NC[C@@H]1O[C@H](O[C@H]2[C@H](O[C@H]3O[C@H](CO)[C@@H](O[C@@H]4O[C@@H](CN)[C@@H](O)[C@H](O)[C@H]4N)[C@H]3O)[C@@H](O)[C@H](N)C[C@@H]2N)[C@@H](N)[C@H](O)[C@H]1O. The molecule has 246 valence electrons. The number of hydrogen-bond donors (Lipinski definition) is 13. The maximum atomic E-state index is 11.1. The van der Waals surface area contributed by atoms with Crippen molar-refractivity contribution in [3.63, 3.8) is 0 Å². The van der Waals surface area contributed by atoms with Crippen LogP contribution in [0.3, 0.4) is 0 Å². The van der Waals surface area contributed by atoms with Gasteiger partial charge in [0.2, 0.25) is 0 Å². The highest BCUT2D eigenvalue weighted by atomic mass is 16.8. The van der Waals surface area contributed by atoms with Gasteiger partial charge in [0.05, 0.1) is 24.8 Å². The van der Waals surface area contributed by atoms with Crippen molar-refractivity contribution in [2.45, 2.75) is 123 Å². The minimum Gasteiger partial charge on any atom is -0.394 e. The van der Waals surface area contributed by atoms with E-state index in [4.69, 9.17) is 62.8 Å². The van der Waals surface area contributed by atoms with Crippen LogP contribution >= 0.6 is 0 Å². The highest BCUT2D eigenvalue weighted by Crippen LogP contribution is 2.34. The zero-order chi connectivity index (χ0) is 31.0. The van der Waals surface area contributed by atoms with Gasteiger partial charge in [0.25, 0.3) is 0 Å². The van der Waals surface area contributed by atoms with Crippen molar-refractivity contribution in [1.82, 2.24) is 0 Å². The van der Waals surface area contributed by atoms with Gasteiger partial charge in [0, 0.05) is 25.2 Å². The van der Waals surface area contributed by atoms with E-state index in [-0.39, 0.29) is 19.5 Å². The predicted octanol–water partition coefficient (Wildman–Crippen LogP) is -8.90. The monoisotopic (exact) mass is 614 g/mol. The maximum absolute atomic E-state index is 11.1. The molecule has 1 aliphatic carbocycles. The van der Waals surface area contributed by atoms with Crippen molar-refractivity contribution < 1.29 is 64.2 Å². The summed E-state index contributed by atoms with van der Waals surface area (Å²) >= 11 is 0. The topological polar surface area (TPSA) is 353 Å². The Labute approximate surface area is 241 Å². The lowest BCUT2D eigenvalue weighted by molar-refractivity contribution is -0.306. The molecule has 4 fully saturated rings. The van der Waals surface area contributed by atoms with E-state index in [0.29, 0.717) is 0 Å². The molecule has 0 aromatic rings. The molecule has 0 bridgehead atoms. The van der Waals surface area contributed by atoms with Crippen LogP contribution in [0.2, 0.25) is 0 Å². The second kappa shape index (κ2) is 14.1. The smallest absolute Gasteiger partial charge is 0.187 e. The zero-order valence-electron chi connectivity index (χ0n) is 22.8. The molecule has 3 aliphatic heterocycles. The first-order valence-electron chi connectivity index (χ1n) is 13.9. The summed E-state index contributed by atoms with van der Waals surface area (Å²) in [4.78, 5) is 0. The van der Waals surface area contributed by atoms with Crippen LogP contribution in [0.4, 0.5) is 0 Å². The van der Waals surface area contributed by atoms with Crippen LogP contribution in [0, 0.1) is 0 Å². The molecule has 42 heavy (non-hydrogen) atoms. The average Bonchev–Trinajstić information content (AvgIpc) is 3.27. The Morgan fingerprint density at radius 1 is 0.524 bits per heavy atom. The molecule has 19 heteroatoms. The fraction of sp³-hybridized carbons (Fsp3) is 1.00. The minimum absolute atomic E-state index is 0.0889. The highest BCUT2D eigenvalue weighted by Gasteiger charge is 2.54. The standard InChI is InChI=1S/C23H46N6O13/c24-2-7-13(32)15(34)10(28)21(37-7)40-18-6(27)1-5(26)12(31)20(18)42-23-17(36)19(9(4-30)39-23)41-22-11(29)16(35)14(33)8(3-25)38-22/h5-23,30-36H,1-4,24-29H2/t5-,6+,7+,8+,9-,10+,11-,12+,13+,14-,15+,16-,17-,18-,19-,20-,21-,22+,23-/m1/s1. The van der Waals surface area contributed by atoms with Crippen molar-refractivity contribution in [1.29, 1.82) is 0 Å². The van der Waals surface area contributed by atoms with Crippen molar-refractivity contribution in [2.24, 2.45) is 34.4 Å². The molecule has 0 amide bonds. The van der Waals surface area contributed by atoms with Gasteiger partial charge in [-0.25, -0.2) is 0 Å². The summed E-state index contributed by atoms with van der Waals surface area (Å²) in [7, 11) is 0. The summed E-state index contributed by atoms with van der Waals surface area (Å²) in [5.74, 6) is 0. The third-order valence-electron chi connectivity index (χ3n) is 8.37. The van der Waals surface area contributed by atoms with Crippen LogP contribution in [0.1, 0.15) is 6.42 Å². The molecule has 4 rings (SSSR count).